The Kier molecular flexibility index (Phi) is 5.51. The second-order valence-electron chi connectivity index (χ2n) is 10.6. The average molecular weight is 552 g/mol. The van der Waals surface area contributed by atoms with Crippen LogP contribution in [-0.4, -0.2) is 70.7 Å². The van der Waals surface area contributed by atoms with Gasteiger partial charge in [-0.3, -0.25) is 9.69 Å². The van der Waals surface area contributed by atoms with Gasteiger partial charge in [-0.2, -0.15) is 18.2 Å². The normalized spacial score (nSPS) is 32.6. The van der Waals surface area contributed by atoms with E-state index in [9.17, 15) is 18.0 Å². The van der Waals surface area contributed by atoms with Gasteiger partial charge in [-0.15, -0.1) is 11.3 Å². The first-order valence-corrected chi connectivity index (χ1v) is 13.5. The Morgan fingerprint density at radius 3 is 2.79 bits per heavy atom. The smallest absolute Gasteiger partial charge is 0.378 e. The number of ether oxygens (including phenoxy) is 1. The number of rotatable bonds is 6. The molecule has 1 aromatic carbocycles. The van der Waals surface area contributed by atoms with Gasteiger partial charge in [-0.1, -0.05) is 17.3 Å². The lowest BCUT2D eigenvalue weighted by Gasteiger charge is -2.66. The van der Waals surface area contributed by atoms with E-state index in [1.165, 1.54) is 7.11 Å². The molecule has 6 heterocycles. The summed E-state index contributed by atoms with van der Waals surface area (Å²) in [6, 6.07) is 4.94. The predicted molar refractivity (Wildman–Crippen MR) is 131 cm³/mol. The van der Waals surface area contributed by atoms with Crippen LogP contribution in [-0.2, 0) is 16.0 Å². The summed E-state index contributed by atoms with van der Waals surface area (Å²) in [5, 5.41) is 10.4. The highest BCUT2D eigenvalue weighted by Crippen LogP contribution is 2.51. The Hall–Kier alpha value is -2.77. The zero-order chi connectivity index (χ0) is 26.3. The van der Waals surface area contributed by atoms with Gasteiger partial charge >= 0.3 is 6.18 Å². The molecule has 1 amide bonds. The molecule has 2 aromatic heterocycles. The molecule has 1 unspecified atom stereocenters. The van der Waals surface area contributed by atoms with Gasteiger partial charge in [-0.25, -0.2) is 4.39 Å². The summed E-state index contributed by atoms with van der Waals surface area (Å²) in [6.07, 6.45) is -4.44. The average Bonchev–Trinajstić information content (AvgIpc) is 3.56. The number of aromatic nitrogens is 2. The number of fused-ring (bicyclic) bond motifs is 1. The van der Waals surface area contributed by atoms with Crippen molar-refractivity contribution in [2.45, 2.75) is 80.8 Å². The quantitative estimate of drug-likeness (QED) is 0.440. The van der Waals surface area contributed by atoms with E-state index in [1.54, 1.807) is 18.2 Å². The van der Waals surface area contributed by atoms with Gasteiger partial charge in [0.05, 0.1) is 27.7 Å². The van der Waals surface area contributed by atoms with Crippen molar-refractivity contribution in [2.24, 2.45) is 0 Å². The van der Waals surface area contributed by atoms with E-state index in [4.69, 9.17) is 9.26 Å². The molecule has 4 aliphatic rings. The second kappa shape index (κ2) is 8.62. The maximum Gasteiger partial charge on any atom is 0.393 e. The number of nitrogens with one attached hydrogen (secondary N) is 2. The number of halogens is 4. The first-order chi connectivity index (χ1) is 18.2. The maximum absolute atomic E-state index is 15.3. The highest BCUT2D eigenvalue weighted by Gasteiger charge is 2.59. The van der Waals surface area contributed by atoms with E-state index in [0.29, 0.717) is 34.3 Å². The van der Waals surface area contributed by atoms with Crippen molar-refractivity contribution in [3.05, 3.63) is 29.7 Å². The number of methoxy groups -OCH3 is 1. The van der Waals surface area contributed by atoms with Crippen LogP contribution < -0.4 is 10.6 Å². The first-order valence-electron chi connectivity index (χ1n) is 12.7. The third-order valence-corrected chi connectivity index (χ3v) is 9.66. The molecule has 38 heavy (non-hydrogen) atoms. The zero-order valence-electron chi connectivity index (χ0n) is 20.3. The summed E-state index contributed by atoms with van der Waals surface area (Å²) in [5.41, 5.74) is 0.652. The number of nitrogens with zero attached hydrogens (tertiary/aromatic N) is 3. The number of carbonyl (C=O) groups excluding carboxylic acids is 1. The monoisotopic (exact) mass is 551 g/mol. The third kappa shape index (κ3) is 3.81. The zero-order valence-corrected chi connectivity index (χ0v) is 21.1. The van der Waals surface area contributed by atoms with Crippen molar-refractivity contribution in [1.82, 2.24) is 20.4 Å². The van der Waals surface area contributed by atoms with Crippen molar-refractivity contribution in [3.8, 4) is 10.7 Å². The lowest BCUT2D eigenvalue weighted by molar-refractivity contribution is -0.174. The number of carbonyl (C=O) groups is 1. The molecule has 0 saturated carbocycles. The number of anilines is 1. The number of piperidine rings is 2. The molecule has 4 aliphatic heterocycles. The molecular weight excluding hydrogens is 526 g/mol. The van der Waals surface area contributed by atoms with Crippen LogP contribution in [0.15, 0.2) is 22.7 Å². The Morgan fingerprint density at radius 2 is 2.05 bits per heavy atom. The standard InChI is InChI=1S/C25H25F4N5O3S/c1-36-18-8-16(31-23(18)35)24-32-22(33-37-24)21-13(9-25(27,28)29)12-3-2-4-14(20(12)38-21)30-15-6-10-5-11-7-17(19(15)26)34(10)11/h2-4,10-11,15-19,30H,5-9H2,1H3,(H,31,35)/t10-,11?,15-,16-,17+,18+,19-/m1/s1. The van der Waals surface area contributed by atoms with Gasteiger partial charge in [-0.05, 0) is 36.3 Å². The minimum atomic E-state index is -4.47. The molecule has 7 atom stereocenters. The molecule has 2 N–H and O–H groups in total. The number of thiophene rings is 1. The van der Waals surface area contributed by atoms with Crippen LogP contribution in [0.25, 0.3) is 20.8 Å². The van der Waals surface area contributed by atoms with Gasteiger partial charge in [0.25, 0.3) is 0 Å². The summed E-state index contributed by atoms with van der Waals surface area (Å²) < 4.78 is 67.4. The highest BCUT2D eigenvalue weighted by atomic mass is 32.1. The van der Waals surface area contributed by atoms with Crippen LogP contribution in [0, 0.1) is 0 Å². The van der Waals surface area contributed by atoms with Crippen molar-refractivity contribution in [1.29, 1.82) is 0 Å². The van der Waals surface area contributed by atoms with Crippen LogP contribution in [0.5, 0.6) is 0 Å². The lowest BCUT2D eigenvalue weighted by Crippen LogP contribution is -2.77. The molecule has 7 rings (SSSR count). The van der Waals surface area contributed by atoms with Crippen molar-refractivity contribution >= 4 is 33.0 Å². The molecule has 4 fully saturated rings. The minimum Gasteiger partial charge on any atom is -0.378 e. The van der Waals surface area contributed by atoms with Crippen LogP contribution in [0.1, 0.15) is 43.2 Å². The van der Waals surface area contributed by atoms with Gasteiger partial charge in [0.15, 0.2) is 0 Å². The fraction of sp³-hybridized carbons (Fsp3) is 0.560. The third-order valence-electron chi connectivity index (χ3n) is 8.38. The molecular formula is C25H25F4N5O3S. The molecule has 4 saturated heterocycles. The van der Waals surface area contributed by atoms with E-state index in [-0.39, 0.29) is 40.5 Å². The van der Waals surface area contributed by atoms with E-state index < -0.39 is 37.0 Å². The van der Waals surface area contributed by atoms with E-state index in [1.807, 2.05) is 0 Å². The van der Waals surface area contributed by atoms with Gasteiger partial charge < -0.3 is 19.9 Å². The summed E-state index contributed by atoms with van der Waals surface area (Å²) in [6.45, 7) is 0. The number of hydrogen-bond acceptors (Lipinski definition) is 8. The fourth-order valence-electron chi connectivity index (χ4n) is 6.60. The molecule has 0 spiro atoms. The second-order valence-corrected chi connectivity index (χ2v) is 11.6. The van der Waals surface area contributed by atoms with Crippen molar-refractivity contribution in [2.75, 3.05) is 12.4 Å². The van der Waals surface area contributed by atoms with E-state index >= 15 is 4.39 Å². The molecule has 13 heteroatoms. The molecule has 0 bridgehead atoms. The summed E-state index contributed by atoms with van der Waals surface area (Å²) in [5.74, 6) is -0.190. The summed E-state index contributed by atoms with van der Waals surface area (Å²) in [7, 11) is 1.42. The molecule has 0 aliphatic carbocycles. The topological polar surface area (TPSA) is 92.5 Å². The van der Waals surface area contributed by atoms with Crippen LogP contribution >= 0.6 is 11.3 Å². The summed E-state index contributed by atoms with van der Waals surface area (Å²) in [4.78, 5) is 18.9. The van der Waals surface area contributed by atoms with Gasteiger partial charge in [0.1, 0.15) is 18.3 Å². The van der Waals surface area contributed by atoms with Crippen molar-refractivity contribution in [3.63, 3.8) is 0 Å². The Labute approximate surface area is 218 Å². The Balaban J connectivity index is 1.23. The number of alkyl halides is 4. The van der Waals surface area contributed by atoms with Crippen LogP contribution in [0.3, 0.4) is 0 Å². The Bertz CT molecular complexity index is 1410. The van der Waals surface area contributed by atoms with Crippen LogP contribution in [0.4, 0.5) is 23.2 Å². The Morgan fingerprint density at radius 1 is 1.24 bits per heavy atom. The van der Waals surface area contributed by atoms with Gasteiger partial charge in [0.2, 0.25) is 17.6 Å². The SMILES string of the molecule is CO[C@H]1C[C@H](c2nc(-c3sc4c(N[C@@H]5C[C@H]6CC7C[C@@H]([C@@H]5F)N76)cccc4c3CC(F)(F)F)no2)NC1=O. The lowest BCUT2D eigenvalue weighted by atomic mass is 9.67. The minimum absolute atomic E-state index is 0.0215. The molecule has 0 radical (unpaired) electrons. The molecule has 8 nitrogen and oxygen atoms in total. The van der Waals surface area contributed by atoms with Crippen molar-refractivity contribution < 1.29 is 31.6 Å². The molecule has 3 aromatic rings. The van der Waals surface area contributed by atoms with Crippen LogP contribution in [0.2, 0.25) is 0 Å². The number of amides is 1. The first kappa shape index (κ1) is 24.3. The van der Waals surface area contributed by atoms with E-state index in [0.717, 1.165) is 24.2 Å². The fourth-order valence-corrected chi connectivity index (χ4v) is 7.82. The summed E-state index contributed by atoms with van der Waals surface area (Å²) >= 11 is 1.13. The number of benzene rings is 1. The van der Waals surface area contributed by atoms with E-state index in [2.05, 4.69) is 25.7 Å². The maximum atomic E-state index is 15.3. The largest absolute Gasteiger partial charge is 0.393 e. The highest BCUT2D eigenvalue weighted by molar-refractivity contribution is 7.23. The number of hydrogen-bond donors (Lipinski definition) is 2. The van der Waals surface area contributed by atoms with Gasteiger partial charge in [0, 0.05) is 31.7 Å². The predicted octanol–water partition coefficient (Wildman–Crippen LogP) is 4.37. The molecule has 202 valence electrons.